The molecule has 0 saturated carbocycles. The first-order chi connectivity index (χ1) is 11.3. The van der Waals surface area contributed by atoms with E-state index >= 15 is 0 Å². The van der Waals surface area contributed by atoms with E-state index in [9.17, 15) is 4.79 Å². The first-order valence-corrected chi connectivity index (χ1v) is 9.53. The highest BCUT2D eigenvalue weighted by molar-refractivity contribution is 14.1. The number of aromatic nitrogens is 2. The van der Waals surface area contributed by atoms with Crippen LogP contribution in [0.4, 0.5) is 4.79 Å². The van der Waals surface area contributed by atoms with Crippen molar-refractivity contribution in [3.63, 3.8) is 0 Å². The highest BCUT2D eigenvalue weighted by atomic mass is 127. The minimum absolute atomic E-state index is 0.0464. The molecule has 1 aliphatic rings. The first-order valence-electron chi connectivity index (χ1n) is 8.45. The average Bonchev–Trinajstić information content (AvgIpc) is 3.07. The van der Waals surface area contributed by atoms with Gasteiger partial charge in [0.1, 0.15) is 11.4 Å². The van der Waals surface area contributed by atoms with E-state index in [0.29, 0.717) is 0 Å². The molecule has 130 valence electrons. The molecular formula is C18H24IN3O2. The van der Waals surface area contributed by atoms with E-state index in [1.807, 2.05) is 37.8 Å². The molecule has 2 atom stereocenters. The van der Waals surface area contributed by atoms with Crippen LogP contribution >= 0.6 is 22.6 Å². The van der Waals surface area contributed by atoms with Crippen LogP contribution in [0.5, 0.6) is 0 Å². The predicted octanol–water partition coefficient (Wildman–Crippen LogP) is 5.02. The van der Waals surface area contributed by atoms with Crippen LogP contribution in [-0.4, -0.2) is 32.6 Å². The Labute approximate surface area is 156 Å². The van der Waals surface area contributed by atoms with Crippen LogP contribution in [-0.2, 0) is 4.74 Å². The zero-order chi connectivity index (χ0) is 17.5. The Hall–Kier alpha value is -1.31. The Morgan fingerprint density at radius 1 is 1.42 bits per heavy atom. The molecule has 1 fully saturated rings. The number of aromatic amines is 1. The molecule has 1 aromatic heterocycles. The monoisotopic (exact) mass is 441 g/mol. The second-order valence-electron chi connectivity index (χ2n) is 7.33. The van der Waals surface area contributed by atoms with Crippen LogP contribution in [0.1, 0.15) is 58.8 Å². The summed E-state index contributed by atoms with van der Waals surface area (Å²) in [7, 11) is 0. The Morgan fingerprint density at radius 3 is 2.83 bits per heavy atom. The molecule has 1 aliphatic heterocycles. The lowest BCUT2D eigenvalue weighted by Crippen LogP contribution is -2.41. The Balaban J connectivity index is 1.93. The number of likely N-dealkylation sites (tertiary alicyclic amines) is 1. The van der Waals surface area contributed by atoms with Crippen molar-refractivity contribution in [3.05, 3.63) is 27.6 Å². The summed E-state index contributed by atoms with van der Waals surface area (Å²) < 4.78 is 6.81. The fraction of sp³-hybridized carbons (Fsp3) is 0.556. The zero-order valence-electron chi connectivity index (χ0n) is 14.6. The maximum atomic E-state index is 12.7. The fourth-order valence-corrected chi connectivity index (χ4v) is 3.79. The topological polar surface area (TPSA) is 58.2 Å². The number of carbonyl (C=O) groups excluding carboxylic acids is 1. The number of nitrogens with one attached hydrogen (secondary N) is 1. The van der Waals surface area contributed by atoms with Crippen molar-refractivity contribution < 1.29 is 9.53 Å². The molecule has 2 aromatic rings. The summed E-state index contributed by atoms with van der Waals surface area (Å²) in [6.07, 6.45) is 2.57. The average molecular weight is 441 g/mol. The Morgan fingerprint density at radius 2 is 2.17 bits per heavy atom. The number of imidazole rings is 1. The Bertz CT molecular complexity index is 750. The van der Waals surface area contributed by atoms with Gasteiger partial charge in [-0.05, 0) is 80.8 Å². The van der Waals surface area contributed by atoms with Crippen molar-refractivity contribution in [2.24, 2.45) is 0 Å². The lowest BCUT2D eigenvalue weighted by Gasteiger charge is -2.31. The number of halogens is 1. The molecular weight excluding hydrogens is 417 g/mol. The number of hydrogen-bond donors (Lipinski definition) is 1. The lowest BCUT2D eigenvalue weighted by molar-refractivity contribution is 0.0134. The van der Waals surface area contributed by atoms with Gasteiger partial charge >= 0.3 is 6.09 Å². The molecule has 1 aromatic carbocycles. The standard InChI is InChI=1S/C18H24IN3O2/c1-5-12-7-9-15(22(12)17(23)24-18(2,3)4)16-20-13-8-6-11(19)10-14(13)21-16/h6,8,10,12,15H,5,7,9H2,1-4H3,(H,20,21)/t12-,15?/m1/s1. The van der Waals surface area contributed by atoms with Crippen molar-refractivity contribution >= 4 is 39.7 Å². The summed E-state index contributed by atoms with van der Waals surface area (Å²) in [5.41, 5.74) is 1.46. The molecule has 6 heteroatoms. The van der Waals surface area contributed by atoms with Crippen LogP contribution in [0.25, 0.3) is 11.0 Å². The molecule has 1 unspecified atom stereocenters. The highest BCUT2D eigenvalue weighted by Crippen LogP contribution is 2.38. The summed E-state index contributed by atoms with van der Waals surface area (Å²) in [4.78, 5) is 22.8. The van der Waals surface area contributed by atoms with Gasteiger partial charge in [0, 0.05) is 9.61 Å². The van der Waals surface area contributed by atoms with Gasteiger partial charge in [-0.1, -0.05) is 6.92 Å². The van der Waals surface area contributed by atoms with E-state index in [0.717, 1.165) is 39.7 Å². The highest BCUT2D eigenvalue weighted by Gasteiger charge is 2.40. The summed E-state index contributed by atoms with van der Waals surface area (Å²) in [5, 5.41) is 0. The second-order valence-corrected chi connectivity index (χ2v) is 8.57. The van der Waals surface area contributed by atoms with Gasteiger partial charge in [0.05, 0.1) is 17.1 Å². The summed E-state index contributed by atoms with van der Waals surface area (Å²) >= 11 is 2.29. The molecule has 2 heterocycles. The third kappa shape index (κ3) is 3.53. The Kier molecular flexibility index (Phi) is 4.77. The van der Waals surface area contributed by atoms with Gasteiger partial charge in [-0.2, -0.15) is 0 Å². The van der Waals surface area contributed by atoms with Crippen molar-refractivity contribution in [2.75, 3.05) is 0 Å². The van der Waals surface area contributed by atoms with E-state index < -0.39 is 5.60 Å². The maximum Gasteiger partial charge on any atom is 0.411 e. The van der Waals surface area contributed by atoms with Crippen molar-refractivity contribution in [1.82, 2.24) is 14.9 Å². The number of benzene rings is 1. The third-order valence-corrected chi connectivity index (χ3v) is 5.03. The van der Waals surface area contributed by atoms with Gasteiger partial charge in [0.25, 0.3) is 0 Å². The molecule has 24 heavy (non-hydrogen) atoms. The number of amides is 1. The summed E-state index contributed by atoms with van der Waals surface area (Å²) in [6, 6.07) is 6.30. The van der Waals surface area contributed by atoms with Crippen LogP contribution < -0.4 is 0 Å². The van der Waals surface area contributed by atoms with Crippen LogP contribution in [0, 0.1) is 3.57 Å². The number of nitrogens with zero attached hydrogens (tertiary/aromatic N) is 2. The molecule has 0 radical (unpaired) electrons. The van der Waals surface area contributed by atoms with Gasteiger partial charge in [-0.25, -0.2) is 9.78 Å². The zero-order valence-corrected chi connectivity index (χ0v) is 16.8. The van der Waals surface area contributed by atoms with Crippen LogP contribution in [0.3, 0.4) is 0 Å². The van der Waals surface area contributed by atoms with E-state index in [4.69, 9.17) is 9.72 Å². The maximum absolute atomic E-state index is 12.7. The van der Waals surface area contributed by atoms with Gasteiger partial charge < -0.3 is 9.72 Å². The van der Waals surface area contributed by atoms with E-state index in [-0.39, 0.29) is 18.2 Å². The van der Waals surface area contributed by atoms with Gasteiger partial charge in [0.2, 0.25) is 0 Å². The van der Waals surface area contributed by atoms with Gasteiger partial charge in [-0.3, -0.25) is 4.90 Å². The van der Waals surface area contributed by atoms with Crippen molar-refractivity contribution in [3.8, 4) is 0 Å². The van der Waals surface area contributed by atoms with E-state index in [1.54, 1.807) is 0 Å². The third-order valence-electron chi connectivity index (χ3n) is 4.36. The predicted molar refractivity (Wildman–Crippen MR) is 103 cm³/mol. The molecule has 1 N–H and O–H groups in total. The molecule has 0 aliphatic carbocycles. The number of carbonyl (C=O) groups is 1. The molecule has 1 amide bonds. The first kappa shape index (κ1) is 17.5. The quantitative estimate of drug-likeness (QED) is 0.666. The molecule has 5 nitrogen and oxygen atoms in total. The fourth-order valence-electron chi connectivity index (χ4n) is 3.30. The molecule has 3 rings (SSSR count). The number of hydrogen-bond acceptors (Lipinski definition) is 3. The summed E-state index contributed by atoms with van der Waals surface area (Å²) in [5.74, 6) is 0.855. The number of fused-ring (bicyclic) bond motifs is 1. The second kappa shape index (κ2) is 6.54. The molecule has 0 bridgehead atoms. The normalized spacial score (nSPS) is 21.5. The molecule has 1 saturated heterocycles. The van der Waals surface area contributed by atoms with Gasteiger partial charge in [0.15, 0.2) is 0 Å². The number of ether oxygens (including phenoxy) is 1. The van der Waals surface area contributed by atoms with E-state index in [2.05, 4.69) is 40.6 Å². The minimum atomic E-state index is -0.494. The van der Waals surface area contributed by atoms with Crippen molar-refractivity contribution in [1.29, 1.82) is 0 Å². The minimum Gasteiger partial charge on any atom is -0.444 e. The summed E-state index contributed by atoms with van der Waals surface area (Å²) in [6.45, 7) is 7.82. The van der Waals surface area contributed by atoms with Crippen LogP contribution in [0.2, 0.25) is 0 Å². The van der Waals surface area contributed by atoms with Crippen LogP contribution in [0.15, 0.2) is 18.2 Å². The number of H-pyrrole nitrogens is 1. The van der Waals surface area contributed by atoms with Crippen molar-refractivity contribution in [2.45, 2.75) is 64.6 Å². The van der Waals surface area contributed by atoms with E-state index in [1.165, 1.54) is 0 Å². The lowest BCUT2D eigenvalue weighted by atomic mass is 10.1. The number of rotatable bonds is 2. The largest absolute Gasteiger partial charge is 0.444 e. The molecule has 0 spiro atoms. The smallest absolute Gasteiger partial charge is 0.411 e. The van der Waals surface area contributed by atoms with Gasteiger partial charge in [-0.15, -0.1) is 0 Å². The SMILES string of the molecule is CC[C@@H]1CCC(c2nc3ccc(I)cc3[nH]2)N1C(=O)OC(C)(C)C.